The molecule has 0 atom stereocenters. The lowest BCUT2D eigenvalue weighted by Gasteiger charge is -2.36. The van der Waals surface area contributed by atoms with Crippen LogP contribution in [0.2, 0.25) is 0 Å². The van der Waals surface area contributed by atoms with E-state index in [-0.39, 0.29) is 11.7 Å². The molecule has 4 nitrogen and oxygen atoms in total. The quantitative estimate of drug-likeness (QED) is 0.765. The summed E-state index contributed by atoms with van der Waals surface area (Å²) < 4.78 is 5.25. The van der Waals surface area contributed by atoms with Gasteiger partial charge in [-0.1, -0.05) is 13.8 Å². The van der Waals surface area contributed by atoms with Crippen molar-refractivity contribution in [2.75, 3.05) is 7.05 Å². The van der Waals surface area contributed by atoms with Crippen molar-refractivity contribution in [3.8, 4) is 0 Å². The largest absolute Gasteiger partial charge is 0.444 e. The molecule has 0 heterocycles. The van der Waals surface area contributed by atoms with E-state index in [4.69, 9.17) is 4.74 Å². The van der Waals surface area contributed by atoms with Gasteiger partial charge < -0.3 is 4.74 Å². The average Bonchev–Trinajstić information content (AvgIpc) is 2.12. The van der Waals surface area contributed by atoms with E-state index in [2.05, 4.69) is 0 Å². The number of rotatable bonds is 3. The van der Waals surface area contributed by atoms with Crippen molar-refractivity contribution in [1.29, 1.82) is 0 Å². The van der Waals surface area contributed by atoms with Crippen LogP contribution in [0.1, 0.15) is 48.5 Å². The van der Waals surface area contributed by atoms with Crippen LogP contribution in [-0.2, 0) is 9.53 Å². The number of carbonyl (C=O) groups is 2. The van der Waals surface area contributed by atoms with E-state index in [0.717, 1.165) is 0 Å². The Morgan fingerprint density at radius 3 is 1.76 bits per heavy atom. The summed E-state index contributed by atoms with van der Waals surface area (Å²) in [6.07, 6.45) is -0.475. The first-order valence-corrected chi connectivity index (χ1v) is 5.90. The summed E-state index contributed by atoms with van der Waals surface area (Å²) in [4.78, 5) is 25.3. The van der Waals surface area contributed by atoms with E-state index >= 15 is 0 Å². The Labute approximate surface area is 104 Å². The molecule has 0 unspecified atom stereocenters. The van der Waals surface area contributed by atoms with Gasteiger partial charge in [0.25, 0.3) is 0 Å². The van der Waals surface area contributed by atoms with Crippen LogP contribution in [0.3, 0.4) is 0 Å². The summed E-state index contributed by atoms with van der Waals surface area (Å²) in [7, 11) is 1.59. The second-order valence-electron chi connectivity index (χ2n) is 6.12. The number of hydrogen-bond acceptors (Lipinski definition) is 3. The van der Waals surface area contributed by atoms with Crippen molar-refractivity contribution in [3.05, 3.63) is 0 Å². The molecule has 100 valence electrons. The summed E-state index contributed by atoms with van der Waals surface area (Å²) in [5.74, 6) is -0.0965. The van der Waals surface area contributed by atoms with Crippen molar-refractivity contribution in [2.24, 2.45) is 5.92 Å². The molecule has 0 N–H and O–H groups in total. The molecule has 0 rings (SSSR count). The summed E-state index contributed by atoms with van der Waals surface area (Å²) >= 11 is 0. The fourth-order valence-electron chi connectivity index (χ4n) is 1.43. The number of hydrogen-bond donors (Lipinski definition) is 0. The van der Waals surface area contributed by atoms with Gasteiger partial charge in [0.2, 0.25) is 0 Å². The minimum Gasteiger partial charge on any atom is -0.444 e. The molecule has 0 radical (unpaired) electrons. The van der Waals surface area contributed by atoms with Crippen LogP contribution in [0.5, 0.6) is 0 Å². The SMILES string of the molecule is CC(C)C(=O)C(C)(C)N(C)C(=O)OC(C)(C)C. The standard InChI is InChI=1S/C13H25NO3/c1-9(2)10(15)13(6,7)14(8)11(16)17-12(3,4)5/h9H,1-8H3. The van der Waals surface area contributed by atoms with Crippen LogP contribution in [0.4, 0.5) is 4.79 Å². The topological polar surface area (TPSA) is 46.6 Å². The number of carbonyl (C=O) groups excluding carboxylic acids is 2. The zero-order valence-corrected chi connectivity index (χ0v) is 12.2. The van der Waals surface area contributed by atoms with Crippen LogP contribution in [-0.4, -0.2) is 35.0 Å². The fraction of sp³-hybridized carbons (Fsp3) is 0.846. The molecule has 1 amide bonds. The Morgan fingerprint density at radius 1 is 1.06 bits per heavy atom. The lowest BCUT2D eigenvalue weighted by molar-refractivity contribution is -0.131. The Morgan fingerprint density at radius 2 is 1.47 bits per heavy atom. The summed E-state index contributed by atoms with van der Waals surface area (Å²) in [6, 6.07) is 0. The van der Waals surface area contributed by atoms with Gasteiger partial charge in [-0.2, -0.15) is 0 Å². The average molecular weight is 243 g/mol. The maximum atomic E-state index is 12.0. The van der Waals surface area contributed by atoms with Crippen molar-refractivity contribution in [2.45, 2.75) is 59.6 Å². The predicted octanol–water partition coefficient (Wildman–Crippen LogP) is 2.86. The first-order chi connectivity index (χ1) is 7.39. The minimum atomic E-state index is -0.851. The van der Waals surface area contributed by atoms with Gasteiger partial charge >= 0.3 is 6.09 Å². The van der Waals surface area contributed by atoms with Gasteiger partial charge in [-0.3, -0.25) is 9.69 Å². The number of ketones is 1. The number of amides is 1. The second kappa shape index (κ2) is 5.07. The summed E-state index contributed by atoms with van der Waals surface area (Å²) in [5.41, 5.74) is -1.40. The Hall–Kier alpha value is -1.06. The van der Waals surface area contributed by atoms with E-state index in [1.165, 1.54) is 4.90 Å². The predicted molar refractivity (Wildman–Crippen MR) is 67.9 cm³/mol. The van der Waals surface area contributed by atoms with Crippen molar-refractivity contribution in [3.63, 3.8) is 0 Å². The third-order valence-corrected chi connectivity index (χ3v) is 2.63. The van der Waals surface area contributed by atoms with Gasteiger partial charge in [0.05, 0.1) is 5.54 Å². The highest BCUT2D eigenvalue weighted by atomic mass is 16.6. The van der Waals surface area contributed by atoms with E-state index in [1.54, 1.807) is 41.7 Å². The molecule has 0 bridgehead atoms. The Bertz CT molecular complexity index is 300. The lowest BCUT2D eigenvalue weighted by atomic mass is 9.90. The zero-order valence-electron chi connectivity index (χ0n) is 12.2. The Kier molecular flexibility index (Phi) is 4.75. The molecule has 0 aliphatic heterocycles. The van der Waals surface area contributed by atoms with Crippen LogP contribution in [0, 0.1) is 5.92 Å². The zero-order chi connectivity index (χ0) is 14.0. The highest BCUT2D eigenvalue weighted by Crippen LogP contribution is 2.21. The molecular weight excluding hydrogens is 218 g/mol. The van der Waals surface area contributed by atoms with Crippen molar-refractivity contribution in [1.82, 2.24) is 4.90 Å². The maximum Gasteiger partial charge on any atom is 0.410 e. The first-order valence-electron chi connectivity index (χ1n) is 5.90. The van der Waals surface area contributed by atoms with Gasteiger partial charge in [0, 0.05) is 13.0 Å². The van der Waals surface area contributed by atoms with Crippen LogP contribution in [0.15, 0.2) is 0 Å². The maximum absolute atomic E-state index is 12.0. The monoisotopic (exact) mass is 243 g/mol. The molecule has 0 aliphatic carbocycles. The highest BCUT2D eigenvalue weighted by molar-refractivity contribution is 5.92. The Balaban J connectivity index is 4.86. The molecule has 0 aromatic rings. The number of Topliss-reactive ketones (excluding diaryl/α,β-unsaturated/α-hetero) is 1. The number of nitrogens with zero attached hydrogens (tertiary/aromatic N) is 1. The van der Waals surface area contributed by atoms with Gasteiger partial charge in [-0.05, 0) is 34.6 Å². The summed E-state index contributed by atoms with van der Waals surface area (Å²) in [5, 5.41) is 0. The van der Waals surface area contributed by atoms with Crippen molar-refractivity contribution >= 4 is 11.9 Å². The fourth-order valence-corrected chi connectivity index (χ4v) is 1.43. The first kappa shape index (κ1) is 15.9. The minimum absolute atomic E-state index is 0.0193. The molecule has 17 heavy (non-hydrogen) atoms. The van der Waals surface area contributed by atoms with Gasteiger partial charge in [0.15, 0.2) is 5.78 Å². The molecule has 0 aromatic carbocycles. The smallest absolute Gasteiger partial charge is 0.410 e. The second-order valence-corrected chi connectivity index (χ2v) is 6.12. The van der Waals surface area contributed by atoms with Crippen molar-refractivity contribution < 1.29 is 14.3 Å². The molecule has 4 heteroatoms. The number of likely N-dealkylation sites (N-methyl/N-ethyl adjacent to an activating group) is 1. The molecule has 0 spiro atoms. The normalized spacial score (nSPS) is 12.5. The summed E-state index contributed by atoms with van der Waals surface area (Å²) in [6.45, 7) is 12.5. The third-order valence-electron chi connectivity index (χ3n) is 2.63. The number of ether oxygens (including phenoxy) is 1. The van der Waals surface area contributed by atoms with E-state index < -0.39 is 17.2 Å². The molecule has 0 fully saturated rings. The van der Waals surface area contributed by atoms with E-state index in [0.29, 0.717) is 0 Å². The van der Waals surface area contributed by atoms with Crippen LogP contribution >= 0.6 is 0 Å². The van der Waals surface area contributed by atoms with Gasteiger partial charge in [0.1, 0.15) is 5.60 Å². The molecule has 0 saturated carbocycles. The molecule has 0 saturated heterocycles. The van der Waals surface area contributed by atoms with E-state index in [9.17, 15) is 9.59 Å². The molecular formula is C13H25NO3. The van der Waals surface area contributed by atoms with Crippen LogP contribution in [0.25, 0.3) is 0 Å². The van der Waals surface area contributed by atoms with Crippen LogP contribution < -0.4 is 0 Å². The molecule has 0 aliphatic rings. The van der Waals surface area contributed by atoms with Gasteiger partial charge in [-0.25, -0.2) is 4.79 Å². The van der Waals surface area contributed by atoms with Gasteiger partial charge in [-0.15, -0.1) is 0 Å². The van der Waals surface area contributed by atoms with E-state index in [1.807, 2.05) is 13.8 Å². The molecule has 0 aromatic heterocycles. The third kappa shape index (κ3) is 4.36. The lowest BCUT2D eigenvalue weighted by Crippen LogP contribution is -2.53. The highest BCUT2D eigenvalue weighted by Gasteiger charge is 2.38.